The molecule has 15 heteroatoms. The number of hydrogen-bond acceptors (Lipinski definition) is 11. The number of allylic oxidation sites excluding steroid dienone is 1. The van der Waals surface area contributed by atoms with Crippen LogP contribution in [-0.2, 0) is 16.1 Å². The molecule has 0 fully saturated rings. The van der Waals surface area contributed by atoms with Crippen molar-refractivity contribution in [2.75, 3.05) is 6.61 Å². The molecule has 1 aliphatic rings. The van der Waals surface area contributed by atoms with Crippen molar-refractivity contribution in [3.63, 3.8) is 0 Å². The van der Waals surface area contributed by atoms with E-state index in [0.29, 0.717) is 22.8 Å². The van der Waals surface area contributed by atoms with Crippen LogP contribution in [0.25, 0.3) is 5.69 Å². The predicted octanol–water partition coefficient (Wildman–Crippen LogP) is 3.36. The van der Waals surface area contributed by atoms with Crippen molar-refractivity contribution in [2.45, 2.75) is 33.2 Å². The number of fused-ring (bicyclic) bond motifs is 1. The van der Waals surface area contributed by atoms with Crippen LogP contribution in [0.3, 0.4) is 0 Å². The average molecular weight is 574 g/mol. The van der Waals surface area contributed by atoms with Gasteiger partial charge >= 0.3 is 5.97 Å². The third-order valence-corrected chi connectivity index (χ3v) is 6.68. The number of esters is 1. The molecule has 4 aromatic rings. The summed E-state index contributed by atoms with van der Waals surface area (Å²) in [6.45, 7) is 4.87. The standard InChI is InChI=1S/C27H23N7O8/c1-4-41-27(36)22-15(2)42-25-24(23(22)17-5-7-20(8-6-17)33(37)38)26(35)31(16(3)28-25)13-18-14-32(30-29-18)19-9-11-21(12-10-19)34(39)40/h5-12,14,23H,4,13H2,1-3H3. The van der Waals surface area contributed by atoms with Gasteiger partial charge < -0.3 is 9.47 Å². The maximum absolute atomic E-state index is 14.0. The lowest BCUT2D eigenvalue weighted by molar-refractivity contribution is -0.385. The fraction of sp³-hybridized carbons (Fsp3) is 0.222. The number of rotatable bonds is 8. The maximum atomic E-state index is 14.0. The third-order valence-electron chi connectivity index (χ3n) is 6.68. The van der Waals surface area contributed by atoms with Gasteiger partial charge in [0.25, 0.3) is 16.9 Å². The van der Waals surface area contributed by atoms with Gasteiger partial charge in [-0.15, -0.1) is 5.10 Å². The molecule has 1 unspecified atom stereocenters. The predicted molar refractivity (Wildman–Crippen MR) is 145 cm³/mol. The summed E-state index contributed by atoms with van der Waals surface area (Å²) in [5.74, 6) is -1.16. The fourth-order valence-electron chi connectivity index (χ4n) is 4.69. The highest BCUT2D eigenvalue weighted by molar-refractivity contribution is 5.92. The molecular weight excluding hydrogens is 550 g/mol. The minimum absolute atomic E-state index is 0.0113. The summed E-state index contributed by atoms with van der Waals surface area (Å²) >= 11 is 0. The number of nitro benzene ring substituents is 2. The molecule has 15 nitrogen and oxygen atoms in total. The number of ether oxygens (including phenoxy) is 2. The van der Waals surface area contributed by atoms with E-state index in [9.17, 15) is 29.8 Å². The minimum atomic E-state index is -0.976. The molecule has 214 valence electrons. The van der Waals surface area contributed by atoms with Crippen LogP contribution in [0.15, 0.2) is 70.9 Å². The highest BCUT2D eigenvalue weighted by atomic mass is 16.6. The topological polar surface area (TPSA) is 187 Å². The van der Waals surface area contributed by atoms with Crippen molar-refractivity contribution in [1.29, 1.82) is 0 Å². The molecule has 0 saturated heterocycles. The number of nitro groups is 2. The zero-order chi connectivity index (χ0) is 30.1. The molecule has 0 aliphatic carbocycles. The first-order valence-electron chi connectivity index (χ1n) is 12.7. The summed E-state index contributed by atoms with van der Waals surface area (Å²) in [7, 11) is 0. The van der Waals surface area contributed by atoms with Gasteiger partial charge in [-0.3, -0.25) is 29.6 Å². The Balaban J connectivity index is 1.57. The Labute approximate surface area is 236 Å². The quantitative estimate of drug-likeness (QED) is 0.171. The summed E-state index contributed by atoms with van der Waals surface area (Å²) in [6, 6.07) is 11.3. The Kier molecular flexibility index (Phi) is 7.31. The van der Waals surface area contributed by atoms with Crippen LogP contribution in [0.1, 0.15) is 42.4 Å². The van der Waals surface area contributed by atoms with Gasteiger partial charge in [-0.25, -0.2) is 9.48 Å². The second-order valence-electron chi connectivity index (χ2n) is 9.27. The average Bonchev–Trinajstić information content (AvgIpc) is 3.43. The van der Waals surface area contributed by atoms with Crippen molar-refractivity contribution in [1.82, 2.24) is 24.5 Å². The van der Waals surface area contributed by atoms with E-state index in [4.69, 9.17) is 9.47 Å². The molecule has 1 aliphatic heterocycles. The summed E-state index contributed by atoms with van der Waals surface area (Å²) < 4.78 is 13.9. The number of nitrogens with zero attached hydrogens (tertiary/aromatic N) is 7. The number of hydrogen-bond donors (Lipinski definition) is 0. The number of aryl methyl sites for hydroxylation is 1. The van der Waals surface area contributed by atoms with E-state index in [1.165, 1.54) is 57.8 Å². The van der Waals surface area contributed by atoms with Crippen LogP contribution in [0.5, 0.6) is 5.88 Å². The monoisotopic (exact) mass is 573 g/mol. The molecular formula is C27H23N7O8. The first-order chi connectivity index (χ1) is 20.1. The summed E-state index contributed by atoms with van der Waals surface area (Å²) in [6.07, 6.45) is 1.57. The van der Waals surface area contributed by atoms with E-state index in [-0.39, 0.29) is 47.3 Å². The van der Waals surface area contributed by atoms with E-state index in [1.807, 2.05) is 0 Å². The molecule has 3 heterocycles. The number of carbonyl (C=O) groups is 1. The van der Waals surface area contributed by atoms with E-state index < -0.39 is 27.3 Å². The first-order valence-corrected chi connectivity index (χ1v) is 12.7. The molecule has 42 heavy (non-hydrogen) atoms. The van der Waals surface area contributed by atoms with Crippen LogP contribution in [0.4, 0.5) is 11.4 Å². The smallest absolute Gasteiger partial charge is 0.338 e. The number of aromatic nitrogens is 5. The third kappa shape index (κ3) is 5.10. The molecule has 0 N–H and O–H groups in total. The normalized spacial score (nSPS) is 14.2. The molecule has 5 rings (SSSR count). The van der Waals surface area contributed by atoms with Gasteiger partial charge in [-0.2, -0.15) is 4.98 Å². The molecule has 0 spiro atoms. The van der Waals surface area contributed by atoms with E-state index >= 15 is 0 Å². The van der Waals surface area contributed by atoms with Crippen molar-refractivity contribution >= 4 is 17.3 Å². The van der Waals surface area contributed by atoms with Gasteiger partial charge in [0.15, 0.2) is 0 Å². The molecule has 0 amide bonds. The number of carbonyl (C=O) groups excluding carboxylic acids is 1. The molecule has 2 aromatic heterocycles. The first kappa shape index (κ1) is 27.8. The molecule has 2 aromatic carbocycles. The Morgan fingerprint density at radius 1 is 1.02 bits per heavy atom. The van der Waals surface area contributed by atoms with Crippen LogP contribution < -0.4 is 10.3 Å². The van der Waals surface area contributed by atoms with Crippen molar-refractivity contribution in [2.24, 2.45) is 0 Å². The lowest BCUT2D eigenvalue weighted by Gasteiger charge is -2.28. The lowest BCUT2D eigenvalue weighted by Crippen LogP contribution is -2.34. The lowest BCUT2D eigenvalue weighted by atomic mass is 9.83. The molecule has 0 saturated carbocycles. The highest BCUT2D eigenvalue weighted by Crippen LogP contribution is 2.41. The van der Waals surface area contributed by atoms with E-state index in [1.54, 1.807) is 27.0 Å². The van der Waals surface area contributed by atoms with Crippen LogP contribution in [0.2, 0.25) is 0 Å². The second kappa shape index (κ2) is 11.0. The number of non-ortho nitro benzene ring substituents is 2. The van der Waals surface area contributed by atoms with Crippen LogP contribution in [-0.4, -0.2) is 47.0 Å². The maximum Gasteiger partial charge on any atom is 0.338 e. The second-order valence-corrected chi connectivity index (χ2v) is 9.27. The number of benzene rings is 2. The van der Waals surface area contributed by atoms with Gasteiger partial charge in [-0.1, -0.05) is 17.3 Å². The molecule has 0 radical (unpaired) electrons. The zero-order valence-corrected chi connectivity index (χ0v) is 22.6. The Hall–Kier alpha value is -5.73. The van der Waals surface area contributed by atoms with Crippen molar-refractivity contribution < 1.29 is 24.1 Å². The van der Waals surface area contributed by atoms with Gasteiger partial charge in [0.2, 0.25) is 5.88 Å². The van der Waals surface area contributed by atoms with Crippen LogP contribution in [0, 0.1) is 27.2 Å². The van der Waals surface area contributed by atoms with Gasteiger partial charge in [0.1, 0.15) is 17.3 Å². The Bertz CT molecular complexity index is 1810. The van der Waals surface area contributed by atoms with E-state index in [2.05, 4.69) is 15.3 Å². The van der Waals surface area contributed by atoms with Gasteiger partial charge in [0, 0.05) is 24.3 Å². The van der Waals surface area contributed by atoms with Gasteiger partial charge in [0.05, 0.1) is 51.9 Å². The molecule has 1 atom stereocenters. The summed E-state index contributed by atoms with van der Waals surface area (Å²) in [5.41, 5.74) is 0.755. The van der Waals surface area contributed by atoms with Crippen molar-refractivity contribution in [3.8, 4) is 11.6 Å². The summed E-state index contributed by atoms with van der Waals surface area (Å²) in [5, 5.41) is 30.4. The fourth-order valence-corrected chi connectivity index (χ4v) is 4.69. The largest absolute Gasteiger partial charge is 0.463 e. The van der Waals surface area contributed by atoms with Gasteiger partial charge in [-0.05, 0) is 38.5 Å². The molecule has 0 bridgehead atoms. The minimum Gasteiger partial charge on any atom is -0.463 e. The van der Waals surface area contributed by atoms with E-state index in [0.717, 1.165) is 0 Å². The van der Waals surface area contributed by atoms with Crippen LogP contribution >= 0.6 is 0 Å². The Morgan fingerprint density at radius 2 is 1.64 bits per heavy atom. The highest BCUT2D eigenvalue weighted by Gasteiger charge is 2.38. The summed E-state index contributed by atoms with van der Waals surface area (Å²) in [4.78, 5) is 52.8. The zero-order valence-electron chi connectivity index (χ0n) is 22.6. The van der Waals surface area contributed by atoms with Crippen molar-refractivity contribution in [3.05, 3.63) is 119 Å². The Morgan fingerprint density at radius 3 is 2.24 bits per heavy atom. The SMILES string of the molecule is CCOC(=O)C1=C(C)Oc2nc(C)n(Cc3cn(-c4ccc([N+](=O)[O-])cc4)nn3)c(=O)c2C1c1ccc([N+](=O)[O-])cc1.